The summed E-state index contributed by atoms with van der Waals surface area (Å²) in [6.07, 6.45) is 0.842. The zero-order valence-corrected chi connectivity index (χ0v) is 8.64. The van der Waals surface area contributed by atoms with Crippen LogP contribution in [0.15, 0.2) is 35.3 Å². The Labute approximate surface area is 84.8 Å². The van der Waals surface area contributed by atoms with Crippen molar-refractivity contribution >= 4 is 27.5 Å². The second kappa shape index (κ2) is 4.08. The summed E-state index contributed by atoms with van der Waals surface area (Å²) in [6.45, 7) is 3.49. The molecular weight excluding hydrogens is 239 g/mol. The van der Waals surface area contributed by atoms with Gasteiger partial charge in [0.1, 0.15) is 0 Å². The number of halogens is 2. The average molecular weight is 248 g/mol. The van der Waals surface area contributed by atoms with Crippen molar-refractivity contribution in [2.45, 2.75) is 6.10 Å². The van der Waals surface area contributed by atoms with E-state index in [9.17, 15) is 5.11 Å². The zero-order valence-electron chi connectivity index (χ0n) is 6.30. The Morgan fingerprint density at radius 2 is 2.25 bits per heavy atom. The van der Waals surface area contributed by atoms with E-state index in [4.69, 9.17) is 11.6 Å². The molecule has 0 aromatic heterocycles. The number of hydrogen-bond donors (Lipinski definition) is 1. The minimum absolute atomic E-state index is 0.626. The Kier molecular flexibility index (Phi) is 3.32. The first-order valence-corrected chi connectivity index (χ1v) is 4.58. The van der Waals surface area contributed by atoms with Gasteiger partial charge in [0.25, 0.3) is 0 Å². The van der Waals surface area contributed by atoms with Gasteiger partial charge in [-0.3, -0.25) is 0 Å². The molecule has 0 heterocycles. The molecule has 1 N–H and O–H groups in total. The molecule has 12 heavy (non-hydrogen) atoms. The van der Waals surface area contributed by atoms with Gasteiger partial charge in [-0.05, 0) is 33.6 Å². The smallest absolute Gasteiger partial charge is 0.0969 e. The third-order valence-electron chi connectivity index (χ3n) is 1.51. The molecular formula is C9H8BrClO. The minimum Gasteiger partial charge on any atom is -0.384 e. The molecule has 3 heteroatoms. The molecule has 0 saturated heterocycles. The van der Waals surface area contributed by atoms with Gasteiger partial charge >= 0.3 is 0 Å². The number of benzene rings is 1. The van der Waals surface area contributed by atoms with Crippen molar-refractivity contribution in [1.82, 2.24) is 0 Å². The molecule has 0 spiro atoms. The fourth-order valence-corrected chi connectivity index (χ4v) is 1.35. The summed E-state index contributed by atoms with van der Waals surface area (Å²) in [5, 5.41) is 10.00. The lowest BCUT2D eigenvalue weighted by Gasteiger charge is -2.06. The third kappa shape index (κ3) is 2.09. The van der Waals surface area contributed by atoms with E-state index in [1.54, 1.807) is 18.2 Å². The Balaban J connectivity index is 3.04. The molecule has 1 aromatic rings. The van der Waals surface area contributed by atoms with E-state index in [-0.39, 0.29) is 0 Å². The predicted molar refractivity (Wildman–Crippen MR) is 54.3 cm³/mol. The summed E-state index contributed by atoms with van der Waals surface area (Å²) < 4.78 is 0.780. The van der Waals surface area contributed by atoms with Crippen molar-refractivity contribution in [3.8, 4) is 0 Å². The number of aliphatic hydroxyl groups is 1. The molecule has 0 saturated carbocycles. The molecule has 0 amide bonds. The van der Waals surface area contributed by atoms with Crippen LogP contribution in [0, 0.1) is 0 Å². The zero-order chi connectivity index (χ0) is 9.14. The number of hydrogen-bond acceptors (Lipinski definition) is 1. The Hall–Kier alpha value is -0.310. The van der Waals surface area contributed by atoms with Crippen LogP contribution in [0.1, 0.15) is 11.7 Å². The lowest BCUT2D eigenvalue weighted by atomic mass is 10.1. The summed E-state index contributed by atoms with van der Waals surface area (Å²) in [5.74, 6) is 0. The Bertz CT molecular complexity index is 299. The summed E-state index contributed by atoms with van der Waals surface area (Å²) in [7, 11) is 0. The largest absolute Gasteiger partial charge is 0.384 e. The van der Waals surface area contributed by atoms with Gasteiger partial charge in [-0.2, -0.15) is 0 Å². The second-order valence-electron chi connectivity index (χ2n) is 2.35. The predicted octanol–water partition coefficient (Wildman–Crippen LogP) is 3.32. The van der Waals surface area contributed by atoms with E-state index in [1.807, 2.05) is 0 Å². The first kappa shape index (κ1) is 9.78. The van der Waals surface area contributed by atoms with E-state index in [1.165, 1.54) is 6.08 Å². The summed E-state index contributed by atoms with van der Waals surface area (Å²) in [4.78, 5) is 0. The highest BCUT2D eigenvalue weighted by atomic mass is 79.9. The lowest BCUT2D eigenvalue weighted by molar-refractivity contribution is 0.229. The first-order valence-electron chi connectivity index (χ1n) is 3.40. The van der Waals surface area contributed by atoms with Crippen LogP contribution in [0.5, 0.6) is 0 Å². The molecule has 64 valence electrons. The highest BCUT2D eigenvalue weighted by Gasteiger charge is 2.04. The fourth-order valence-electron chi connectivity index (χ4n) is 0.832. The quantitative estimate of drug-likeness (QED) is 0.795. The lowest BCUT2D eigenvalue weighted by Crippen LogP contribution is -1.91. The summed E-state index contributed by atoms with van der Waals surface area (Å²) in [5.41, 5.74) is 0.779. The van der Waals surface area contributed by atoms with Gasteiger partial charge in [-0.15, -0.1) is 6.58 Å². The van der Waals surface area contributed by atoms with Crippen LogP contribution in [-0.2, 0) is 0 Å². The molecule has 0 aliphatic rings. The van der Waals surface area contributed by atoms with Crippen molar-refractivity contribution in [3.05, 3.63) is 45.9 Å². The van der Waals surface area contributed by atoms with Gasteiger partial charge < -0.3 is 5.11 Å². The van der Waals surface area contributed by atoms with Gasteiger partial charge in [0.05, 0.1) is 11.1 Å². The average Bonchev–Trinajstić information content (AvgIpc) is 2.08. The third-order valence-corrected chi connectivity index (χ3v) is 2.72. The van der Waals surface area contributed by atoms with Crippen LogP contribution in [0.2, 0.25) is 5.02 Å². The highest BCUT2D eigenvalue weighted by Crippen LogP contribution is 2.26. The monoisotopic (exact) mass is 246 g/mol. The molecule has 1 aromatic carbocycles. The van der Waals surface area contributed by atoms with Crippen molar-refractivity contribution < 1.29 is 5.11 Å². The van der Waals surface area contributed by atoms with E-state index >= 15 is 0 Å². The second-order valence-corrected chi connectivity index (χ2v) is 3.62. The normalized spacial score (nSPS) is 12.6. The molecule has 0 aliphatic heterocycles. The molecule has 0 radical (unpaired) electrons. The number of aliphatic hydroxyl groups excluding tert-OH is 1. The van der Waals surface area contributed by atoms with Crippen LogP contribution >= 0.6 is 27.5 Å². The number of rotatable bonds is 2. The first-order chi connectivity index (χ1) is 5.65. The van der Waals surface area contributed by atoms with E-state index in [0.29, 0.717) is 5.02 Å². The SMILES string of the molecule is C=CC(O)c1ccc(Cl)c(Br)c1. The molecule has 1 rings (SSSR count). The molecule has 1 nitrogen and oxygen atoms in total. The van der Waals surface area contributed by atoms with Crippen molar-refractivity contribution in [2.75, 3.05) is 0 Å². The standard InChI is InChI=1S/C9H8BrClO/c1-2-9(12)6-3-4-8(11)7(10)5-6/h2-5,9,12H,1H2. The van der Waals surface area contributed by atoms with E-state index in [0.717, 1.165) is 10.0 Å². The maximum Gasteiger partial charge on any atom is 0.0969 e. The van der Waals surface area contributed by atoms with Gasteiger partial charge in [-0.25, -0.2) is 0 Å². The topological polar surface area (TPSA) is 20.2 Å². The summed E-state index contributed by atoms with van der Waals surface area (Å²) in [6, 6.07) is 5.27. The maximum atomic E-state index is 9.36. The van der Waals surface area contributed by atoms with Crippen LogP contribution in [0.25, 0.3) is 0 Å². The van der Waals surface area contributed by atoms with Crippen LogP contribution < -0.4 is 0 Å². The summed E-state index contributed by atoms with van der Waals surface area (Å²) >= 11 is 9.04. The fraction of sp³-hybridized carbons (Fsp3) is 0.111. The van der Waals surface area contributed by atoms with Crippen LogP contribution in [0.4, 0.5) is 0 Å². The molecule has 1 atom stereocenters. The van der Waals surface area contributed by atoms with Gasteiger partial charge in [0, 0.05) is 4.47 Å². The van der Waals surface area contributed by atoms with Crippen molar-refractivity contribution in [3.63, 3.8) is 0 Å². The molecule has 0 aliphatic carbocycles. The highest BCUT2D eigenvalue weighted by molar-refractivity contribution is 9.10. The van der Waals surface area contributed by atoms with E-state index < -0.39 is 6.10 Å². The van der Waals surface area contributed by atoms with E-state index in [2.05, 4.69) is 22.5 Å². The minimum atomic E-state index is -0.626. The van der Waals surface area contributed by atoms with Crippen molar-refractivity contribution in [2.24, 2.45) is 0 Å². The Morgan fingerprint density at radius 1 is 1.58 bits per heavy atom. The van der Waals surface area contributed by atoms with Crippen molar-refractivity contribution in [1.29, 1.82) is 0 Å². The Morgan fingerprint density at radius 3 is 2.75 bits per heavy atom. The molecule has 1 unspecified atom stereocenters. The van der Waals surface area contributed by atoms with Gasteiger partial charge in [-0.1, -0.05) is 23.7 Å². The van der Waals surface area contributed by atoms with Crippen LogP contribution in [-0.4, -0.2) is 5.11 Å². The maximum absolute atomic E-state index is 9.36. The van der Waals surface area contributed by atoms with Gasteiger partial charge in [0.2, 0.25) is 0 Å². The van der Waals surface area contributed by atoms with Gasteiger partial charge in [0.15, 0.2) is 0 Å². The molecule has 0 bridgehead atoms. The van der Waals surface area contributed by atoms with Crippen LogP contribution in [0.3, 0.4) is 0 Å². The molecule has 0 fully saturated rings.